The lowest BCUT2D eigenvalue weighted by Crippen LogP contribution is -2.35. The number of hydrogen-bond acceptors (Lipinski definition) is 6. The molecule has 7 heteroatoms. The number of H-pyrrole nitrogens is 1. The van der Waals surface area contributed by atoms with Gasteiger partial charge in [-0.2, -0.15) is 0 Å². The van der Waals surface area contributed by atoms with E-state index < -0.39 is 0 Å². The molecule has 1 aliphatic rings. The van der Waals surface area contributed by atoms with Crippen LogP contribution in [-0.4, -0.2) is 31.4 Å². The van der Waals surface area contributed by atoms with E-state index in [0.717, 1.165) is 51.7 Å². The van der Waals surface area contributed by atoms with Crippen LogP contribution in [0, 0.1) is 13.8 Å². The van der Waals surface area contributed by atoms with E-state index in [2.05, 4.69) is 26.8 Å². The number of nitrogens with zero attached hydrogens (tertiary/aromatic N) is 4. The Kier molecular flexibility index (Phi) is 3.69. The third kappa shape index (κ3) is 2.44. The highest BCUT2D eigenvalue weighted by Crippen LogP contribution is 2.28. The van der Waals surface area contributed by atoms with Crippen LogP contribution in [0.25, 0.3) is 10.2 Å². The zero-order valence-electron chi connectivity index (χ0n) is 14.0. The normalized spacial score (nSPS) is 16.3. The van der Waals surface area contributed by atoms with E-state index in [9.17, 15) is 4.79 Å². The lowest BCUT2D eigenvalue weighted by molar-refractivity contribution is 0.182. The second-order valence-electron chi connectivity index (χ2n) is 6.31. The molecule has 0 aliphatic carbocycles. The first-order valence-electron chi connectivity index (χ1n) is 8.06. The molecule has 0 bridgehead atoms. The molecule has 0 radical (unpaired) electrons. The standard InChI is InChI=1S/C17H19N5OS/c1-9-11(3)24-17-14(9)16(23)20-15(21-17)10(2)22-5-4-12-6-18-8-19-13(12)7-22/h6,8,10H,4-5,7H2,1-3H3,(H,20,21,23). The van der Waals surface area contributed by atoms with E-state index in [-0.39, 0.29) is 11.6 Å². The molecule has 0 fully saturated rings. The third-order valence-electron chi connectivity index (χ3n) is 4.90. The van der Waals surface area contributed by atoms with E-state index >= 15 is 0 Å². The van der Waals surface area contributed by atoms with Crippen LogP contribution < -0.4 is 5.56 Å². The van der Waals surface area contributed by atoms with Crippen LogP contribution >= 0.6 is 11.3 Å². The lowest BCUT2D eigenvalue weighted by Gasteiger charge is -2.32. The second-order valence-corrected chi connectivity index (χ2v) is 7.51. The molecule has 4 heterocycles. The summed E-state index contributed by atoms with van der Waals surface area (Å²) < 4.78 is 0. The SMILES string of the molecule is Cc1sc2nc(C(C)N3CCc4cncnc4C3)[nH]c(=O)c2c1C. The van der Waals surface area contributed by atoms with Gasteiger partial charge in [0.05, 0.1) is 17.1 Å². The van der Waals surface area contributed by atoms with E-state index in [1.165, 1.54) is 5.56 Å². The van der Waals surface area contributed by atoms with Crippen molar-refractivity contribution in [2.45, 2.75) is 39.8 Å². The molecule has 24 heavy (non-hydrogen) atoms. The number of rotatable bonds is 2. The predicted molar refractivity (Wildman–Crippen MR) is 94.3 cm³/mol. The van der Waals surface area contributed by atoms with Gasteiger partial charge in [0.1, 0.15) is 17.0 Å². The molecule has 3 aromatic heterocycles. The molecule has 3 aromatic rings. The van der Waals surface area contributed by atoms with Crippen molar-refractivity contribution in [1.29, 1.82) is 0 Å². The Morgan fingerprint density at radius 1 is 1.38 bits per heavy atom. The maximum absolute atomic E-state index is 12.5. The van der Waals surface area contributed by atoms with Crippen molar-refractivity contribution in [3.8, 4) is 0 Å². The molecule has 1 aliphatic heterocycles. The molecule has 4 rings (SSSR count). The summed E-state index contributed by atoms with van der Waals surface area (Å²) in [5.74, 6) is 0.728. The number of aromatic amines is 1. The summed E-state index contributed by atoms with van der Waals surface area (Å²) in [6.45, 7) is 7.76. The molecule has 0 amide bonds. The summed E-state index contributed by atoms with van der Waals surface area (Å²) in [4.78, 5) is 33.0. The molecule has 0 aromatic carbocycles. The highest BCUT2D eigenvalue weighted by molar-refractivity contribution is 7.18. The van der Waals surface area contributed by atoms with Crippen molar-refractivity contribution >= 4 is 21.6 Å². The molecular formula is C17H19N5OS. The number of aryl methyl sites for hydroxylation is 2. The van der Waals surface area contributed by atoms with Crippen molar-refractivity contribution in [3.05, 3.63) is 50.4 Å². The fraction of sp³-hybridized carbons (Fsp3) is 0.412. The summed E-state index contributed by atoms with van der Waals surface area (Å²) in [6.07, 6.45) is 4.41. The summed E-state index contributed by atoms with van der Waals surface area (Å²) in [7, 11) is 0. The first-order chi connectivity index (χ1) is 11.5. The van der Waals surface area contributed by atoms with Crippen LogP contribution in [-0.2, 0) is 13.0 Å². The minimum absolute atomic E-state index is 0.0351. The van der Waals surface area contributed by atoms with Gasteiger partial charge >= 0.3 is 0 Å². The van der Waals surface area contributed by atoms with E-state index in [4.69, 9.17) is 4.98 Å². The molecule has 1 atom stereocenters. The molecule has 0 saturated heterocycles. The minimum atomic E-state index is -0.0385. The van der Waals surface area contributed by atoms with Gasteiger partial charge in [0.25, 0.3) is 5.56 Å². The molecule has 0 saturated carbocycles. The Bertz CT molecular complexity index is 977. The van der Waals surface area contributed by atoms with Gasteiger partial charge in [0, 0.05) is 24.2 Å². The van der Waals surface area contributed by atoms with Crippen LogP contribution in [0.1, 0.15) is 40.5 Å². The number of thiophene rings is 1. The molecule has 124 valence electrons. The molecule has 6 nitrogen and oxygen atoms in total. The van der Waals surface area contributed by atoms with Crippen molar-refractivity contribution in [2.24, 2.45) is 0 Å². The highest BCUT2D eigenvalue weighted by atomic mass is 32.1. The van der Waals surface area contributed by atoms with Gasteiger partial charge in [-0.3, -0.25) is 9.69 Å². The van der Waals surface area contributed by atoms with Gasteiger partial charge in [0.15, 0.2) is 0 Å². The predicted octanol–water partition coefficient (Wildman–Crippen LogP) is 2.51. The fourth-order valence-electron chi connectivity index (χ4n) is 3.24. The summed E-state index contributed by atoms with van der Waals surface area (Å²) in [6, 6.07) is 0.0351. The first-order valence-corrected chi connectivity index (χ1v) is 8.88. The topological polar surface area (TPSA) is 74.8 Å². The Hall–Kier alpha value is -2.12. The second kappa shape index (κ2) is 5.75. The van der Waals surface area contributed by atoms with Crippen molar-refractivity contribution in [1.82, 2.24) is 24.8 Å². The number of hydrogen-bond donors (Lipinski definition) is 1. The maximum atomic E-state index is 12.5. The molecule has 0 spiro atoms. The lowest BCUT2D eigenvalue weighted by atomic mass is 10.1. The zero-order valence-corrected chi connectivity index (χ0v) is 14.8. The minimum Gasteiger partial charge on any atom is -0.309 e. The van der Waals surface area contributed by atoms with Crippen LogP contribution in [0.3, 0.4) is 0 Å². The quantitative estimate of drug-likeness (QED) is 0.775. The van der Waals surface area contributed by atoms with Crippen molar-refractivity contribution in [2.75, 3.05) is 6.54 Å². The van der Waals surface area contributed by atoms with E-state index in [0.29, 0.717) is 0 Å². The van der Waals surface area contributed by atoms with Crippen molar-refractivity contribution in [3.63, 3.8) is 0 Å². The molecular weight excluding hydrogens is 322 g/mol. The van der Waals surface area contributed by atoms with E-state index in [1.54, 1.807) is 17.7 Å². The average Bonchev–Trinajstić information content (AvgIpc) is 2.88. The zero-order chi connectivity index (χ0) is 16.8. The number of fused-ring (bicyclic) bond motifs is 2. The summed E-state index contributed by atoms with van der Waals surface area (Å²) >= 11 is 1.59. The Morgan fingerprint density at radius 2 is 2.21 bits per heavy atom. The van der Waals surface area contributed by atoms with Gasteiger partial charge in [-0.25, -0.2) is 15.0 Å². The molecule has 1 unspecified atom stereocenters. The Balaban J connectivity index is 1.69. The van der Waals surface area contributed by atoms with Gasteiger partial charge in [0.2, 0.25) is 0 Å². The fourth-order valence-corrected chi connectivity index (χ4v) is 4.28. The monoisotopic (exact) mass is 341 g/mol. The van der Waals surface area contributed by atoms with Crippen molar-refractivity contribution < 1.29 is 0 Å². The molecule has 1 N–H and O–H groups in total. The Morgan fingerprint density at radius 3 is 3.04 bits per heavy atom. The van der Waals surface area contributed by atoms with Crippen LogP contribution in [0.4, 0.5) is 0 Å². The van der Waals surface area contributed by atoms with Gasteiger partial charge in [-0.1, -0.05) is 0 Å². The van der Waals surface area contributed by atoms with Crippen LogP contribution in [0.5, 0.6) is 0 Å². The van der Waals surface area contributed by atoms with Gasteiger partial charge in [-0.15, -0.1) is 11.3 Å². The largest absolute Gasteiger partial charge is 0.309 e. The number of nitrogens with one attached hydrogen (secondary N) is 1. The van der Waals surface area contributed by atoms with Crippen LogP contribution in [0.2, 0.25) is 0 Å². The number of aromatic nitrogens is 4. The third-order valence-corrected chi connectivity index (χ3v) is 6.00. The van der Waals surface area contributed by atoms with Gasteiger partial charge < -0.3 is 4.98 Å². The first kappa shape index (κ1) is 15.4. The average molecular weight is 341 g/mol. The smallest absolute Gasteiger partial charge is 0.259 e. The summed E-state index contributed by atoms with van der Waals surface area (Å²) in [5.41, 5.74) is 3.27. The van der Waals surface area contributed by atoms with E-state index in [1.807, 2.05) is 20.0 Å². The summed E-state index contributed by atoms with van der Waals surface area (Å²) in [5, 5.41) is 0.727. The maximum Gasteiger partial charge on any atom is 0.259 e. The van der Waals surface area contributed by atoms with Gasteiger partial charge in [-0.05, 0) is 38.3 Å². The highest BCUT2D eigenvalue weighted by Gasteiger charge is 2.25. The van der Waals surface area contributed by atoms with Crippen LogP contribution in [0.15, 0.2) is 17.3 Å². The Labute approximate surface area is 143 Å².